The van der Waals surface area contributed by atoms with Gasteiger partial charge in [0.05, 0.1) is 19.3 Å². The Kier molecular flexibility index (Phi) is 7.27. The van der Waals surface area contributed by atoms with E-state index in [4.69, 9.17) is 4.74 Å². The zero-order chi connectivity index (χ0) is 20.9. The molecule has 0 aliphatic carbocycles. The average Bonchev–Trinajstić information content (AvgIpc) is 2.73. The smallest absolute Gasteiger partial charge is 0.306 e. The first-order chi connectivity index (χ1) is 13.9. The maximum atomic E-state index is 11.9. The zero-order valence-corrected chi connectivity index (χ0v) is 19.3. The van der Waals surface area contributed by atoms with Gasteiger partial charge in [-0.1, -0.05) is 71.0 Å². The van der Waals surface area contributed by atoms with Crippen LogP contribution in [0.15, 0.2) is 60.7 Å². The monoisotopic (exact) mass is 410 g/mol. The molecule has 2 aromatic rings. The highest BCUT2D eigenvalue weighted by molar-refractivity contribution is 6.86. The van der Waals surface area contributed by atoms with Gasteiger partial charge in [-0.3, -0.25) is 14.6 Å². The second-order valence-corrected chi connectivity index (χ2v) is 11.7. The van der Waals surface area contributed by atoms with Gasteiger partial charge in [0.1, 0.15) is 8.80 Å². The molecule has 1 aliphatic rings. The Bertz CT molecular complexity index is 737. The summed E-state index contributed by atoms with van der Waals surface area (Å²) in [5, 5.41) is 2.89. The standard InChI is InChI=1S/C24H34N2O2Si/c1-24(2,3)26-18-11-17-25(19-16-22(27)28-4)23(26)29(20-12-7-5-8-13-20)21-14-9-6-10-15-21/h5-10,12-15,23,29H,11,16-19H2,1-4H3. The number of carbonyl (C=O) groups excluding carboxylic acids is 1. The summed E-state index contributed by atoms with van der Waals surface area (Å²) >= 11 is 0. The van der Waals surface area contributed by atoms with E-state index in [2.05, 4.69) is 91.2 Å². The van der Waals surface area contributed by atoms with Crippen LogP contribution >= 0.6 is 0 Å². The van der Waals surface area contributed by atoms with E-state index in [-0.39, 0.29) is 11.5 Å². The van der Waals surface area contributed by atoms with E-state index in [1.165, 1.54) is 17.5 Å². The lowest BCUT2D eigenvalue weighted by molar-refractivity contribution is -0.141. The van der Waals surface area contributed by atoms with Gasteiger partial charge in [0.15, 0.2) is 0 Å². The third-order valence-corrected chi connectivity index (χ3v) is 9.43. The van der Waals surface area contributed by atoms with E-state index in [0.29, 0.717) is 12.2 Å². The van der Waals surface area contributed by atoms with Crippen LogP contribution in [0.3, 0.4) is 0 Å². The van der Waals surface area contributed by atoms with Gasteiger partial charge in [-0.05, 0) is 27.2 Å². The van der Waals surface area contributed by atoms with Crippen LogP contribution in [0.25, 0.3) is 0 Å². The van der Waals surface area contributed by atoms with Gasteiger partial charge in [-0.2, -0.15) is 0 Å². The maximum absolute atomic E-state index is 11.9. The number of benzene rings is 2. The fraction of sp³-hybridized carbons (Fsp3) is 0.458. The van der Waals surface area contributed by atoms with Gasteiger partial charge < -0.3 is 4.74 Å². The SMILES string of the molecule is COC(=O)CCN1CCCN(C(C)(C)C)C1[SiH](c1ccccc1)c1ccccc1. The molecule has 0 bridgehead atoms. The fourth-order valence-electron chi connectivity index (χ4n) is 4.47. The molecule has 5 heteroatoms. The fourth-order valence-corrected chi connectivity index (χ4v) is 8.49. The van der Waals surface area contributed by atoms with Crippen molar-refractivity contribution in [2.24, 2.45) is 0 Å². The Morgan fingerprint density at radius 2 is 1.55 bits per heavy atom. The predicted molar refractivity (Wildman–Crippen MR) is 122 cm³/mol. The lowest BCUT2D eigenvalue weighted by Crippen LogP contribution is -2.71. The molecular formula is C24H34N2O2Si. The normalized spacial score (nSPS) is 18.7. The first-order valence-corrected chi connectivity index (χ1v) is 12.4. The molecule has 3 rings (SSSR count). The molecule has 1 heterocycles. The van der Waals surface area contributed by atoms with E-state index in [0.717, 1.165) is 26.1 Å². The van der Waals surface area contributed by atoms with Crippen LogP contribution in [0.5, 0.6) is 0 Å². The average molecular weight is 411 g/mol. The largest absolute Gasteiger partial charge is 0.469 e. The second kappa shape index (κ2) is 9.70. The molecule has 0 spiro atoms. The topological polar surface area (TPSA) is 32.8 Å². The van der Waals surface area contributed by atoms with Gasteiger partial charge in [-0.25, -0.2) is 0 Å². The van der Waals surface area contributed by atoms with Gasteiger partial charge in [0.25, 0.3) is 0 Å². The van der Waals surface area contributed by atoms with Crippen molar-refractivity contribution in [1.29, 1.82) is 0 Å². The summed E-state index contributed by atoms with van der Waals surface area (Å²) in [6, 6.07) is 22.0. The Hall–Kier alpha value is -1.95. The van der Waals surface area contributed by atoms with Crippen LogP contribution in [-0.2, 0) is 9.53 Å². The van der Waals surface area contributed by atoms with Crippen molar-refractivity contribution in [1.82, 2.24) is 9.80 Å². The van der Waals surface area contributed by atoms with Gasteiger partial charge >= 0.3 is 5.97 Å². The number of ether oxygens (including phenoxy) is 1. The lowest BCUT2D eigenvalue weighted by atomic mass is 10.0. The van der Waals surface area contributed by atoms with Crippen LogP contribution in [0.4, 0.5) is 0 Å². The van der Waals surface area contributed by atoms with Crippen molar-refractivity contribution >= 4 is 25.1 Å². The number of nitrogens with zero attached hydrogens (tertiary/aromatic N) is 2. The van der Waals surface area contributed by atoms with E-state index in [9.17, 15) is 4.79 Å². The molecule has 0 radical (unpaired) electrons. The van der Waals surface area contributed by atoms with E-state index >= 15 is 0 Å². The molecular weight excluding hydrogens is 376 g/mol. The highest BCUT2D eigenvalue weighted by atomic mass is 28.3. The third kappa shape index (κ3) is 5.35. The molecule has 156 valence electrons. The minimum atomic E-state index is -1.62. The maximum Gasteiger partial charge on any atom is 0.306 e. The summed E-state index contributed by atoms with van der Waals surface area (Å²) in [5.41, 5.74) is 0.0589. The van der Waals surface area contributed by atoms with Crippen LogP contribution in [0, 0.1) is 0 Å². The molecule has 1 fully saturated rings. The Morgan fingerprint density at radius 3 is 2.03 bits per heavy atom. The summed E-state index contributed by atoms with van der Waals surface area (Å²) in [6.45, 7) is 9.79. The van der Waals surface area contributed by atoms with E-state index in [1.54, 1.807) is 0 Å². The number of methoxy groups -OCH3 is 1. The molecule has 1 unspecified atom stereocenters. The first kappa shape index (κ1) is 21.7. The first-order valence-electron chi connectivity index (χ1n) is 10.6. The molecule has 0 aromatic heterocycles. The Balaban J connectivity index is 2.05. The van der Waals surface area contributed by atoms with Crippen molar-refractivity contribution in [3.8, 4) is 0 Å². The highest BCUT2D eigenvalue weighted by Crippen LogP contribution is 2.26. The Labute approximate surface area is 177 Å². The van der Waals surface area contributed by atoms with Crippen molar-refractivity contribution in [3.63, 3.8) is 0 Å². The quantitative estimate of drug-likeness (QED) is 0.540. The number of hydrogen-bond donors (Lipinski definition) is 0. The zero-order valence-electron chi connectivity index (χ0n) is 18.2. The molecule has 0 N–H and O–H groups in total. The molecule has 4 nitrogen and oxygen atoms in total. The number of rotatable bonds is 6. The van der Waals surface area contributed by atoms with E-state index < -0.39 is 8.80 Å². The molecule has 0 amide bonds. The van der Waals surface area contributed by atoms with Crippen LogP contribution in [0.2, 0.25) is 0 Å². The van der Waals surface area contributed by atoms with Crippen molar-refractivity contribution in [2.75, 3.05) is 26.7 Å². The summed E-state index contributed by atoms with van der Waals surface area (Å²) in [7, 11) is -0.144. The molecule has 29 heavy (non-hydrogen) atoms. The Morgan fingerprint density at radius 1 is 1.00 bits per heavy atom. The summed E-state index contributed by atoms with van der Waals surface area (Å²) in [6.07, 6.45) is 1.56. The number of esters is 1. The van der Waals surface area contributed by atoms with Crippen molar-refractivity contribution in [2.45, 2.75) is 44.9 Å². The molecule has 1 atom stereocenters. The number of hydrogen-bond acceptors (Lipinski definition) is 4. The number of carbonyl (C=O) groups is 1. The predicted octanol–water partition coefficient (Wildman–Crippen LogP) is 2.26. The molecule has 1 saturated heterocycles. The molecule has 2 aromatic carbocycles. The third-order valence-electron chi connectivity index (χ3n) is 5.85. The van der Waals surface area contributed by atoms with Gasteiger partial charge in [0, 0.05) is 25.2 Å². The van der Waals surface area contributed by atoms with Gasteiger partial charge in [0.2, 0.25) is 0 Å². The molecule has 1 aliphatic heterocycles. The lowest BCUT2D eigenvalue weighted by Gasteiger charge is -2.52. The summed E-state index contributed by atoms with van der Waals surface area (Å²) in [4.78, 5) is 17.1. The van der Waals surface area contributed by atoms with Crippen molar-refractivity contribution in [3.05, 3.63) is 60.7 Å². The highest BCUT2D eigenvalue weighted by Gasteiger charge is 2.42. The molecule has 0 saturated carbocycles. The minimum absolute atomic E-state index is 0.0589. The summed E-state index contributed by atoms with van der Waals surface area (Å²) in [5.74, 6) is 0.187. The minimum Gasteiger partial charge on any atom is -0.469 e. The van der Waals surface area contributed by atoms with Crippen LogP contribution in [-0.4, -0.2) is 62.6 Å². The second-order valence-electron chi connectivity index (χ2n) is 8.79. The van der Waals surface area contributed by atoms with E-state index in [1.807, 2.05) is 0 Å². The van der Waals surface area contributed by atoms with Crippen LogP contribution < -0.4 is 10.4 Å². The summed E-state index contributed by atoms with van der Waals surface area (Å²) < 4.78 is 4.93. The van der Waals surface area contributed by atoms with Crippen molar-refractivity contribution < 1.29 is 9.53 Å². The van der Waals surface area contributed by atoms with Crippen LogP contribution in [0.1, 0.15) is 33.6 Å². The van der Waals surface area contributed by atoms with Gasteiger partial charge in [-0.15, -0.1) is 0 Å².